The molecule has 1 heterocycles. The standard InChI is InChI=1S/C15H21FN2O3/c1-15(2,3)21-14(19)18-12-8-10(4-5-11(12)16)13-9-17-6-7-20-13/h4-5,8,13,17H,6-7,9H2,1-3H3,(H,18,19). The number of morpholine rings is 1. The molecular formula is C15H21FN2O3. The molecule has 1 atom stereocenters. The molecule has 5 nitrogen and oxygen atoms in total. The minimum absolute atomic E-state index is 0.0934. The largest absolute Gasteiger partial charge is 0.444 e. The second-order valence-electron chi connectivity index (χ2n) is 5.93. The first kappa shape index (κ1) is 15.7. The monoisotopic (exact) mass is 296 g/mol. The van der Waals surface area contributed by atoms with Gasteiger partial charge in [-0.15, -0.1) is 0 Å². The summed E-state index contributed by atoms with van der Waals surface area (Å²) in [5.74, 6) is -0.506. The number of hydrogen-bond donors (Lipinski definition) is 2. The molecule has 1 fully saturated rings. The van der Waals surface area contributed by atoms with Crippen molar-refractivity contribution in [3.05, 3.63) is 29.6 Å². The van der Waals surface area contributed by atoms with Crippen LogP contribution in [0.4, 0.5) is 14.9 Å². The fourth-order valence-corrected chi connectivity index (χ4v) is 2.03. The minimum Gasteiger partial charge on any atom is -0.444 e. The summed E-state index contributed by atoms with van der Waals surface area (Å²) < 4.78 is 24.5. The van der Waals surface area contributed by atoms with Crippen molar-refractivity contribution in [2.75, 3.05) is 25.0 Å². The molecule has 2 N–H and O–H groups in total. The van der Waals surface area contributed by atoms with E-state index in [4.69, 9.17) is 9.47 Å². The first-order valence-electron chi connectivity index (χ1n) is 6.97. The third-order valence-corrected chi connectivity index (χ3v) is 2.93. The summed E-state index contributed by atoms with van der Waals surface area (Å²) in [6.45, 7) is 7.33. The normalized spacial score (nSPS) is 19.1. The molecule has 0 bridgehead atoms. The van der Waals surface area contributed by atoms with E-state index < -0.39 is 17.5 Å². The summed E-state index contributed by atoms with van der Waals surface area (Å²) >= 11 is 0. The first-order valence-corrected chi connectivity index (χ1v) is 6.97. The van der Waals surface area contributed by atoms with Crippen molar-refractivity contribution < 1.29 is 18.7 Å². The zero-order chi connectivity index (χ0) is 15.5. The molecule has 116 valence electrons. The van der Waals surface area contributed by atoms with Gasteiger partial charge < -0.3 is 14.8 Å². The highest BCUT2D eigenvalue weighted by molar-refractivity contribution is 5.85. The van der Waals surface area contributed by atoms with Gasteiger partial charge in [0.25, 0.3) is 0 Å². The quantitative estimate of drug-likeness (QED) is 0.881. The summed E-state index contributed by atoms with van der Waals surface area (Å²) in [4.78, 5) is 11.7. The Hall–Kier alpha value is -1.66. The van der Waals surface area contributed by atoms with Crippen LogP contribution in [0.15, 0.2) is 18.2 Å². The molecule has 0 aromatic heterocycles. The van der Waals surface area contributed by atoms with Gasteiger partial charge in [0, 0.05) is 13.1 Å². The van der Waals surface area contributed by atoms with Crippen molar-refractivity contribution in [2.45, 2.75) is 32.5 Å². The molecule has 0 spiro atoms. The molecule has 1 aromatic rings. The SMILES string of the molecule is CC(C)(C)OC(=O)Nc1cc(C2CNCCO2)ccc1F. The van der Waals surface area contributed by atoms with E-state index in [0.29, 0.717) is 13.2 Å². The van der Waals surface area contributed by atoms with Gasteiger partial charge in [-0.25, -0.2) is 9.18 Å². The maximum atomic E-state index is 13.8. The van der Waals surface area contributed by atoms with Crippen LogP contribution >= 0.6 is 0 Å². The van der Waals surface area contributed by atoms with Crippen molar-refractivity contribution in [3.63, 3.8) is 0 Å². The number of carbonyl (C=O) groups excluding carboxylic acids is 1. The number of amides is 1. The maximum absolute atomic E-state index is 13.8. The Balaban J connectivity index is 2.10. The Morgan fingerprint density at radius 3 is 2.86 bits per heavy atom. The molecule has 6 heteroatoms. The van der Waals surface area contributed by atoms with E-state index in [0.717, 1.165) is 12.1 Å². The van der Waals surface area contributed by atoms with Crippen LogP contribution in [0.5, 0.6) is 0 Å². The smallest absolute Gasteiger partial charge is 0.412 e. The van der Waals surface area contributed by atoms with E-state index in [9.17, 15) is 9.18 Å². The van der Waals surface area contributed by atoms with E-state index in [1.807, 2.05) is 0 Å². The Bertz CT molecular complexity index is 508. The molecule has 0 saturated carbocycles. The van der Waals surface area contributed by atoms with Gasteiger partial charge >= 0.3 is 6.09 Å². The molecule has 1 unspecified atom stereocenters. The number of nitrogens with one attached hydrogen (secondary N) is 2. The van der Waals surface area contributed by atoms with Crippen molar-refractivity contribution in [1.82, 2.24) is 5.32 Å². The zero-order valence-electron chi connectivity index (χ0n) is 12.5. The van der Waals surface area contributed by atoms with E-state index in [2.05, 4.69) is 10.6 Å². The molecule has 0 radical (unpaired) electrons. The van der Waals surface area contributed by atoms with Gasteiger partial charge in [0.2, 0.25) is 0 Å². The highest BCUT2D eigenvalue weighted by Crippen LogP contribution is 2.24. The fourth-order valence-electron chi connectivity index (χ4n) is 2.03. The second-order valence-corrected chi connectivity index (χ2v) is 5.93. The van der Waals surface area contributed by atoms with Crippen LogP contribution in [0.25, 0.3) is 0 Å². The van der Waals surface area contributed by atoms with Crippen molar-refractivity contribution in [2.24, 2.45) is 0 Å². The van der Waals surface area contributed by atoms with Crippen molar-refractivity contribution in [1.29, 1.82) is 0 Å². The van der Waals surface area contributed by atoms with E-state index in [1.54, 1.807) is 32.9 Å². The second kappa shape index (κ2) is 6.41. The van der Waals surface area contributed by atoms with Crippen LogP contribution in [0.1, 0.15) is 32.4 Å². The van der Waals surface area contributed by atoms with Crippen LogP contribution in [0.2, 0.25) is 0 Å². The number of rotatable bonds is 2. The van der Waals surface area contributed by atoms with Crippen LogP contribution in [0, 0.1) is 5.82 Å². The maximum Gasteiger partial charge on any atom is 0.412 e. The Morgan fingerprint density at radius 1 is 1.48 bits per heavy atom. The third-order valence-electron chi connectivity index (χ3n) is 2.93. The molecule has 1 aromatic carbocycles. The van der Waals surface area contributed by atoms with Gasteiger partial charge in [-0.1, -0.05) is 6.07 Å². The number of benzene rings is 1. The van der Waals surface area contributed by atoms with Gasteiger partial charge in [0.1, 0.15) is 11.4 Å². The lowest BCUT2D eigenvalue weighted by molar-refractivity contribution is 0.0277. The van der Waals surface area contributed by atoms with Crippen molar-refractivity contribution >= 4 is 11.8 Å². The zero-order valence-corrected chi connectivity index (χ0v) is 12.5. The number of carbonyl (C=O) groups is 1. The summed E-state index contributed by atoms with van der Waals surface area (Å²) in [7, 11) is 0. The highest BCUT2D eigenvalue weighted by Gasteiger charge is 2.20. The average molecular weight is 296 g/mol. The van der Waals surface area contributed by atoms with Crippen LogP contribution in [0.3, 0.4) is 0 Å². The molecule has 1 saturated heterocycles. The average Bonchev–Trinajstić information content (AvgIpc) is 2.40. The van der Waals surface area contributed by atoms with Crippen molar-refractivity contribution in [3.8, 4) is 0 Å². The lowest BCUT2D eigenvalue weighted by Crippen LogP contribution is -2.33. The van der Waals surface area contributed by atoms with Gasteiger partial charge in [0.05, 0.1) is 18.4 Å². The molecule has 2 rings (SSSR count). The van der Waals surface area contributed by atoms with Gasteiger partial charge in [-0.2, -0.15) is 0 Å². The van der Waals surface area contributed by atoms with Gasteiger partial charge in [-0.05, 0) is 38.5 Å². The summed E-state index contributed by atoms with van der Waals surface area (Å²) in [5, 5.41) is 5.64. The first-order chi connectivity index (χ1) is 9.85. The molecule has 1 amide bonds. The van der Waals surface area contributed by atoms with E-state index in [-0.39, 0.29) is 11.8 Å². The Labute approximate surface area is 123 Å². The van der Waals surface area contributed by atoms with Gasteiger partial charge in [0.15, 0.2) is 0 Å². The highest BCUT2D eigenvalue weighted by atomic mass is 19.1. The Morgan fingerprint density at radius 2 is 2.24 bits per heavy atom. The molecular weight excluding hydrogens is 275 g/mol. The van der Waals surface area contributed by atoms with Crippen LogP contribution in [-0.2, 0) is 9.47 Å². The summed E-state index contributed by atoms with van der Waals surface area (Å²) in [6.07, 6.45) is -0.820. The lowest BCUT2D eigenvalue weighted by Gasteiger charge is -2.24. The predicted octanol–water partition coefficient (Wildman–Crippen LogP) is 2.83. The minimum atomic E-state index is -0.679. The summed E-state index contributed by atoms with van der Waals surface area (Å²) in [6, 6.07) is 4.56. The fraction of sp³-hybridized carbons (Fsp3) is 0.533. The molecule has 0 aliphatic carbocycles. The lowest BCUT2D eigenvalue weighted by atomic mass is 10.1. The molecule has 21 heavy (non-hydrogen) atoms. The summed E-state index contributed by atoms with van der Waals surface area (Å²) in [5.41, 5.74) is 0.278. The molecule has 1 aliphatic rings. The number of hydrogen-bond acceptors (Lipinski definition) is 4. The van der Waals surface area contributed by atoms with E-state index in [1.165, 1.54) is 6.07 Å². The number of halogens is 1. The van der Waals surface area contributed by atoms with E-state index >= 15 is 0 Å². The van der Waals surface area contributed by atoms with Gasteiger partial charge in [-0.3, -0.25) is 5.32 Å². The topological polar surface area (TPSA) is 59.6 Å². The molecule has 1 aliphatic heterocycles. The Kier molecular flexibility index (Phi) is 4.80. The third kappa shape index (κ3) is 4.68. The predicted molar refractivity (Wildman–Crippen MR) is 77.8 cm³/mol. The van der Waals surface area contributed by atoms with Crippen LogP contribution in [-0.4, -0.2) is 31.4 Å². The number of anilines is 1. The number of ether oxygens (including phenoxy) is 2. The van der Waals surface area contributed by atoms with Crippen LogP contribution < -0.4 is 10.6 Å².